The van der Waals surface area contributed by atoms with E-state index in [0.29, 0.717) is 24.3 Å². The molecule has 1 saturated heterocycles. The normalized spacial score (nSPS) is 36.8. The molecule has 116 valence electrons. The Bertz CT molecular complexity index is 493. The Morgan fingerprint density at radius 3 is 2.48 bits per heavy atom. The highest BCUT2D eigenvalue weighted by atomic mass is 16.6. The van der Waals surface area contributed by atoms with Crippen LogP contribution in [-0.4, -0.2) is 42.3 Å². The van der Waals surface area contributed by atoms with Gasteiger partial charge in [0.25, 0.3) is 0 Å². The van der Waals surface area contributed by atoms with Crippen LogP contribution in [0.15, 0.2) is 12.2 Å². The smallest absolute Gasteiger partial charge is 0.411 e. The first kappa shape index (κ1) is 14.4. The van der Waals surface area contributed by atoms with E-state index in [0.717, 1.165) is 6.42 Å². The Morgan fingerprint density at radius 1 is 1.19 bits per heavy atom. The highest BCUT2D eigenvalue weighted by Gasteiger charge is 2.58. The Kier molecular flexibility index (Phi) is 3.26. The quantitative estimate of drug-likeness (QED) is 0.549. The predicted octanol–water partition coefficient (Wildman–Crippen LogP) is 2.22. The average Bonchev–Trinajstić information content (AvgIpc) is 3.06. The van der Waals surface area contributed by atoms with E-state index in [2.05, 4.69) is 12.2 Å². The molecule has 0 aromatic rings. The predicted molar refractivity (Wildman–Crippen MR) is 76.5 cm³/mol. The van der Waals surface area contributed by atoms with E-state index >= 15 is 0 Å². The van der Waals surface area contributed by atoms with Crippen molar-refractivity contribution in [3.05, 3.63) is 12.2 Å². The minimum absolute atomic E-state index is 0.181. The zero-order valence-corrected chi connectivity index (χ0v) is 13.0. The summed E-state index contributed by atoms with van der Waals surface area (Å²) in [5.74, 6) is 1.09. The molecule has 1 saturated carbocycles. The summed E-state index contributed by atoms with van der Waals surface area (Å²) >= 11 is 0. The standard InChI is InChI=1S/C16H23NO4/c1-16(2,3)21-15(19)17-8-11-9-5-6-10(7-9)12(11)13(17)14(18)20-4/h5-6,9-13H,7-8H2,1-4H3. The lowest BCUT2D eigenvalue weighted by Crippen LogP contribution is -2.47. The zero-order valence-electron chi connectivity index (χ0n) is 13.0. The van der Waals surface area contributed by atoms with Crippen molar-refractivity contribution in [2.24, 2.45) is 23.7 Å². The van der Waals surface area contributed by atoms with Gasteiger partial charge in [-0.2, -0.15) is 0 Å². The second kappa shape index (κ2) is 4.75. The largest absolute Gasteiger partial charge is 0.467 e. The summed E-state index contributed by atoms with van der Waals surface area (Å²) in [6.45, 7) is 6.09. The molecule has 1 amide bonds. The van der Waals surface area contributed by atoms with Crippen LogP contribution >= 0.6 is 0 Å². The lowest BCUT2D eigenvalue weighted by atomic mass is 9.82. The van der Waals surface area contributed by atoms with Crippen molar-refractivity contribution < 1.29 is 19.1 Å². The zero-order chi connectivity index (χ0) is 15.4. The van der Waals surface area contributed by atoms with Crippen molar-refractivity contribution in [2.45, 2.75) is 38.8 Å². The number of hydrogen-bond acceptors (Lipinski definition) is 4. The van der Waals surface area contributed by atoms with Crippen LogP contribution in [0.4, 0.5) is 4.79 Å². The topological polar surface area (TPSA) is 55.8 Å². The summed E-state index contributed by atoms with van der Waals surface area (Å²) in [5.41, 5.74) is -0.563. The lowest BCUT2D eigenvalue weighted by Gasteiger charge is -2.30. The first-order chi connectivity index (χ1) is 9.81. The molecule has 21 heavy (non-hydrogen) atoms. The van der Waals surface area contributed by atoms with Gasteiger partial charge < -0.3 is 9.47 Å². The molecule has 0 radical (unpaired) electrons. The van der Waals surface area contributed by atoms with E-state index in [9.17, 15) is 9.59 Å². The van der Waals surface area contributed by atoms with Crippen LogP contribution < -0.4 is 0 Å². The van der Waals surface area contributed by atoms with Crippen LogP contribution in [0.5, 0.6) is 0 Å². The van der Waals surface area contributed by atoms with Gasteiger partial charge in [-0.15, -0.1) is 0 Å². The van der Waals surface area contributed by atoms with Crippen LogP contribution in [-0.2, 0) is 14.3 Å². The number of ether oxygens (including phenoxy) is 2. The van der Waals surface area contributed by atoms with Crippen LogP contribution in [0.1, 0.15) is 27.2 Å². The van der Waals surface area contributed by atoms with Gasteiger partial charge in [0.1, 0.15) is 11.6 Å². The summed E-state index contributed by atoms with van der Waals surface area (Å²) in [6.07, 6.45) is 5.12. The van der Waals surface area contributed by atoms with Crippen molar-refractivity contribution in [3.63, 3.8) is 0 Å². The van der Waals surface area contributed by atoms with E-state index in [1.165, 1.54) is 7.11 Å². The Morgan fingerprint density at radius 2 is 1.86 bits per heavy atom. The molecule has 5 nitrogen and oxygen atoms in total. The van der Waals surface area contributed by atoms with Crippen LogP contribution in [0.25, 0.3) is 0 Å². The molecule has 2 fully saturated rings. The minimum Gasteiger partial charge on any atom is -0.467 e. The molecule has 1 heterocycles. The number of hydrogen-bond donors (Lipinski definition) is 0. The fraction of sp³-hybridized carbons (Fsp3) is 0.750. The third-order valence-corrected chi connectivity index (χ3v) is 4.87. The van der Waals surface area contributed by atoms with Gasteiger partial charge in [0, 0.05) is 12.5 Å². The summed E-state index contributed by atoms with van der Waals surface area (Å²) in [5, 5.41) is 0. The molecular weight excluding hydrogens is 270 g/mol. The van der Waals surface area contributed by atoms with Gasteiger partial charge in [-0.25, -0.2) is 9.59 Å². The SMILES string of the molecule is COC(=O)C1C2C3C=CC(C3)C2CN1C(=O)OC(C)(C)C. The molecule has 0 aromatic heterocycles. The molecule has 0 N–H and O–H groups in total. The summed E-state index contributed by atoms with van der Waals surface area (Å²) < 4.78 is 10.4. The fourth-order valence-electron chi connectivity index (χ4n) is 4.15. The highest BCUT2D eigenvalue weighted by Crippen LogP contribution is 2.54. The number of allylic oxidation sites excluding steroid dienone is 2. The number of likely N-dealkylation sites (tertiary alicyclic amines) is 1. The number of methoxy groups -OCH3 is 1. The number of fused-ring (bicyclic) bond motifs is 5. The van der Waals surface area contributed by atoms with Crippen molar-refractivity contribution in [3.8, 4) is 0 Å². The molecule has 5 heteroatoms. The summed E-state index contributed by atoms with van der Waals surface area (Å²) in [7, 11) is 1.38. The minimum atomic E-state index is -0.563. The molecule has 5 unspecified atom stereocenters. The number of rotatable bonds is 1. The number of carbonyl (C=O) groups is 2. The molecule has 0 aromatic carbocycles. The van der Waals surface area contributed by atoms with E-state index in [1.54, 1.807) is 4.90 Å². The number of esters is 1. The van der Waals surface area contributed by atoms with Gasteiger partial charge in [-0.05, 0) is 44.9 Å². The number of carbonyl (C=O) groups excluding carboxylic acids is 2. The molecule has 3 rings (SSSR count). The maximum Gasteiger partial charge on any atom is 0.411 e. The van der Waals surface area contributed by atoms with Gasteiger partial charge in [-0.1, -0.05) is 12.2 Å². The van der Waals surface area contributed by atoms with Gasteiger partial charge in [0.05, 0.1) is 7.11 Å². The molecule has 2 bridgehead atoms. The maximum absolute atomic E-state index is 12.4. The number of amides is 1. The number of nitrogens with zero attached hydrogens (tertiary/aromatic N) is 1. The van der Waals surface area contributed by atoms with E-state index in [-0.39, 0.29) is 11.9 Å². The second-order valence-electron chi connectivity index (χ2n) is 7.29. The van der Waals surface area contributed by atoms with E-state index in [4.69, 9.17) is 9.47 Å². The van der Waals surface area contributed by atoms with E-state index < -0.39 is 17.7 Å². The first-order valence-corrected chi connectivity index (χ1v) is 7.57. The molecule has 2 aliphatic carbocycles. The maximum atomic E-state index is 12.4. The first-order valence-electron chi connectivity index (χ1n) is 7.57. The van der Waals surface area contributed by atoms with Gasteiger partial charge in [0.2, 0.25) is 0 Å². The van der Waals surface area contributed by atoms with Crippen molar-refractivity contribution >= 4 is 12.1 Å². The lowest BCUT2D eigenvalue weighted by molar-refractivity contribution is -0.147. The van der Waals surface area contributed by atoms with Crippen molar-refractivity contribution in [1.29, 1.82) is 0 Å². The molecule has 0 spiro atoms. The van der Waals surface area contributed by atoms with Crippen LogP contribution in [0.3, 0.4) is 0 Å². The van der Waals surface area contributed by atoms with Gasteiger partial charge >= 0.3 is 12.1 Å². The van der Waals surface area contributed by atoms with Crippen molar-refractivity contribution in [1.82, 2.24) is 4.90 Å². The van der Waals surface area contributed by atoms with Gasteiger partial charge in [-0.3, -0.25) is 4.90 Å². The average molecular weight is 293 g/mol. The third-order valence-electron chi connectivity index (χ3n) is 4.87. The Balaban J connectivity index is 1.84. The van der Waals surface area contributed by atoms with E-state index in [1.807, 2.05) is 20.8 Å². The van der Waals surface area contributed by atoms with Crippen LogP contribution in [0.2, 0.25) is 0 Å². The molecule has 3 aliphatic rings. The Labute approximate surface area is 125 Å². The van der Waals surface area contributed by atoms with Crippen LogP contribution in [0, 0.1) is 23.7 Å². The third kappa shape index (κ3) is 2.32. The Hall–Kier alpha value is -1.52. The second-order valence-corrected chi connectivity index (χ2v) is 7.29. The molecule has 5 atom stereocenters. The monoisotopic (exact) mass is 293 g/mol. The van der Waals surface area contributed by atoms with Gasteiger partial charge in [0.15, 0.2) is 0 Å². The summed E-state index contributed by atoms with van der Waals surface area (Å²) in [4.78, 5) is 26.2. The highest BCUT2D eigenvalue weighted by molar-refractivity contribution is 5.83. The summed E-state index contributed by atoms with van der Waals surface area (Å²) in [6, 6.07) is -0.505. The fourth-order valence-corrected chi connectivity index (χ4v) is 4.15. The van der Waals surface area contributed by atoms with Crippen molar-refractivity contribution in [2.75, 3.05) is 13.7 Å². The molecular formula is C16H23NO4. The molecule has 1 aliphatic heterocycles.